The number of rotatable bonds is 7. The van der Waals surface area contributed by atoms with Gasteiger partial charge in [-0.25, -0.2) is 4.68 Å². The van der Waals surface area contributed by atoms with E-state index in [9.17, 15) is 9.59 Å². The van der Waals surface area contributed by atoms with Gasteiger partial charge in [0.25, 0.3) is 0 Å². The van der Waals surface area contributed by atoms with Gasteiger partial charge in [-0.15, -0.1) is 0 Å². The molecule has 2 amide bonds. The largest absolute Gasteiger partial charge is 0.379 e. The molecule has 144 valence electrons. The van der Waals surface area contributed by atoms with Crippen molar-refractivity contribution in [2.75, 3.05) is 44.3 Å². The number of ether oxygens (including phenoxy) is 1. The van der Waals surface area contributed by atoms with Crippen molar-refractivity contribution in [1.82, 2.24) is 20.0 Å². The van der Waals surface area contributed by atoms with Gasteiger partial charge < -0.3 is 10.1 Å². The molecule has 3 heterocycles. The number of aryl methyl sites for hydroxylation is 2. The smallest absolute Gasteiger partial charge is 0.243 e. The van der Waals surface area contributed by atoms with Crippen molar-refractivity contribution in [2.45, 2.75) is 45.7 Å². The van der Waals surface area contributed by atoms with Crippen molar-refractivity contribution in [3.63, 3.8) is 0 Å². The van der Waals surface area contributed by atoms with Gasteiger partial charge in [-0.3, -0.25) is 19.4 Å². The van der Waals surface area contributed by atoms with Gasteiger partial charge in [0.05, 0.1) is 25.5 Å². The first-order valence-corrected chi connectivity index (χ1v) is 9.54. The van der Waals surface area contributed by atoms with Crippen LogP contribution in [0.3, 0.4) is 0 Å². The van der Waals surface area contributed by atoms with Gasteiger partial charge in [-0.2, -0.15) is 5.10 Å². The van der Waals surface area contributed by atoms with Crippen LogP contribution < -0.4 is 10.2 Å². The van der Waals surface area contributed by atoms with E-state index in [1.807, 2.05) is 24.6 Å². The van der Waals surface area contributed by atoms with Crippen LogP contribution in [-0.4, -0.2) is 71.9 Å². The molecule has 1 aromatic rings. The number of nitrogens with zero attached hydrogens (tertiary/aromatic N) is 4. The standard InChI is InChI=1S/C18H29N5O3/c1-3-15(18(25)19-6-4-7-21-9-11-26-12-10-21)23-16-13-14(2)20-22(16)8-5-17(23)24/h13,15H,3-12H2,1-2H3,(H,19,25). The summed E-state index contributed by atoms with van der Waals surface area (Å²) in [5.74, 6) is 0.636. The van der Waals surface area contributed by atoms with Crippen LogP contribution in [-0.2, 0) is 20.9 Å². The first kappa shape index (κ1) is 18.8. The topological polar surface area (TPSA) is 79.7 Å². The molecule has 0 bridgehead atoms. The second-order valence-corrected chi connectivity index (χ2v) is 6.90. The monoisotopic (exact) mass is 363 g/mol. The van der Waals surface area contributed by atoms with Crippen molar-refractivity contribution in [2.24, 2.45) is 0 Å². The molecule has 26 heavy (non-hydrogen) atoms. The number of anilines is 1. The highest BCUT2D eigenvalue weighted by atomic mass is 16.5. The number of nitrogens with one attached hydrogen (secondary N) is 1. The van der Waals surface area contributed by atoms with Crippen molar-refractivity contribution < 1.29 is 14.3 Å². The molecular formula is C18H29N5O3. The van der Waals surface area contributed by atoms with E-state index in [0.29, 0.717) is 25.9 Å². The lowest BCUT2D eigenvalue weighted by atomic mass is 10.1. The summed E-state index contributed by atoms with van der Waals surface area (Å²) >= 11 is 0. The third-order valence-electron chi connectivity index (χ3n) is 4.99. The number of carbonyl (C=O) groups excluding carboxylic acids is 2. The Labute approximate surface area is 154 Å². The lowest BCUT2D eigenvalue weighted by molar-refractivity contribution is -0.127. The van der Waals surface area contributed by atoms with Crippen LogP contribution in [0.1, 0.15) is 31.9 Å². The Morgan fingerprint density at radius 2 is 2.12 bits per heavy atom. The van der Waals surface area contributed by atoms with Gasteiger partial charge in [0.1, 0.15) is 11.9 Å². The molecule has 2 aliphatic heterocycles. The van der Waals surface area contributed by atoms with Crippen LogP contribution in [0, 0.1) is 6.92 Å². The summed E-state index contributed by atoms with van der Waals surface area (Å²) < 4.78 is 7.17. The summed E-state index contributed by atoms with van der Waals surface area (Å²) in [6.45, 7) is 9.48. The van der Waals surface area contributed by atoms with Crippen molar-refractivity contribution in [3.05, 3.63) is 11.8 Å². The molecular weight excluding hydrogens is 334 g/mol. The zero-order chi connectivity index (χ0) is 18.5. The summed E-state index contributed by atoms with van der Waals surface area (Å²) in [5.41, 5.74) is 0.862. The number of fused-ring (bicyclic) bond motifs is 1. The second-order valence-electron chi connectivity index (χ2n) is 6.90. The first-order chi connectivity index (χ1) is 12.6. The molecule has 0 aromatic carbocycles. The maximum Gasteiger partial charge on any atom is 0.243 e. The van der Waals surface area contributed by atoms with Crippen molar-refractivity contribution in [1.29, 1.82) is 0 Å². The van der Waals surface area contributed by atoms with Gasteiger partial charge in [-0.05, 0) is 26.3 Å². The van der Waals surface area contributed by atoms with Crippen LogP contribution in [0.2, 0.25) is 0 Å². The third kappa shape index (κ3) is 4.24. The minimum Gasteiger partial charge on any atom is -0.379 e. The van der Waals surface area contributed by atoms with E-state index in [1.54, 1.807) is 4.90 Å². The summed E-state index contributed by atoms with van der Waals surface area (Å²) in [6, 6.07) is 1.40. The Kier molecular flexibility index (Phi) is 6.26. The predicted molar refractivity (Wildman–Crippen MR) is 98.0 cm³/mol. The molecule has 0 aliphatic carbocycles. The van der Waals surface area contributed by atoms with Gasteiger partial charge in [0, 0.05) is 32.1 Å². The fourth-order valence-corrected chi connectivity index (χ4v) is 3.62. The van der Waals surface area contributed by atoms with E-state index in [1.165, 1.54) is 0 Å². The van der Waals surface area contributed by atoms with Gasteiger partial charge in [0.2, 0.25) is 11.8 Å². The molecule has 8 heteroatoms. The molecule has 3 rings (SSSR count). The van der Waals surface area contributed by atoms with Crippen molar-refractivity contribution >= 4 is 17.6 Å². The summed E-state index contributed by atoms with van der Waals surface area (Å²) in [4.78, 5) is 29.2. The van der Waals surface area contributed by atoms with Gasteiger partial charge in [-0.1, -0.05) is 6.92 Å². The molecule has 1 unspecified atom stereocenters. The predicted octanol–water partition coefficient (Wildman–Crippen LogP) is 0.545. The highest BCUT2D eigenvalue weighted by Crippen LogP contribution is 2.25. The average Bonchev–Trinajstić information content (AvgIpc) is 3.02. The lowest BCUT2D eigenvalue weighted by Crippen LogP contribution is -2.52. The van der Waals surface area contributed by atoms with E-state index >= 15 is 0 Å². The zero-order valence-electron chi connectivity index (χ0n) is 15.7. The van der Waals surface area contributed by atoms with Crippen LogP contribution in [0.4, 0.5) is 5.82 Å². The number of amides is 2. The number of hydrogen-bond donors (Lipinski definition) is 1. The van der Waals surface area contributed by atoms with Crippen LogP contribution in [0.5, 0.6) is 0 Å². The minimum atomic E-state index is -0.485. The number of aromatic nitrogens is 2. The zero-order valence-corrected chi connectivity index (χ0v) is 15.7. The van der Waals surface area contributed by atoms with Gasteiger partial charge >= 0.3 is 0 Å². The Morgan fingerprint density at radius 3 is 2.85 bits per heavy atom. The number of hydrogen-bond acceptors (Lipinski definition) is 5. The Bertz CT molecular complexity index is 639. The lowest BCUT2D eigenvalue weighted by Gasteiger charge is -2.33. The molecule has 8 nitrogen and oxygen atoms in total. The molecule has 0 saturated carbocycles. The van der Waals surface area contributed by atoms with E-state index in [4.69, 9.17) is 4.74 Å². The van der Waals surface area contributed by atoms with Crippen LogP contribution >= 0.6 is 0 Å². The molecule has 0 spiro atoms. The fraction of sp³-hybridized carbons (Fsp3) is 0.722. The van der Waals surface area contributed by atoms with Crippen LogP contribution in [0.15, 0.2) is 6.07 Å². The molecule has 1 aromatic heterocycles. The van der Waals surface area contributed by atoms with E-state index < -0.39 is 6.04 Å². The molecule has 0 radical (unpaired) electrons. The second kappa shape index (κ2) is 8.64. The Morgan fingerprint density at radius 1 is 1.35 bits per heavy atom. The summed E-state index contributed by atoms with van der Waals surface area (Å²) in [5, 5.41) is 7.42. The first-order valence-electron chi connectivity index (χ1n) is 9.54. The minimum absolute atomic E-state index is 0.00674. The maximum atomic E-state index is 12.7. The van der Waals surface area contributed by atoms with E-state index in [0.717, 1.165) is 50.8 Å². The quantitative estimate of drug-likeness (QED) is 0.716. The third-order valence-corrected chi connectivity index (χ3v) is 4.99. The van der Waals surface area contributed by atoms with E-state index in [2.05, 4.69) is 15.3 Å². The average molecular weight is 363 g/mol. The van der Waals surface area contributed by atoms with E-state index in [-0.39, 0.29) is 11.8 Å². The SMILES string of the molecule is CCC(C(=O)NCCCN1CCOCC1)N1C(=O)CCn2nc(C)cc21. The summed E-state index contributed by atoms with van der Waals surface area (Å²) in [6.07, 6.45) is 1.85. The maximum absolute atomic E-state index is 12.7. The molecule has 2 aliphatic rings. The highest BCUT2D eigenvalue weighted by Gasteiger charge is 2.34. The van der Waals surface area contributed by atoms with Crippen LogP contribution in [0.25, 0.3) is 0 Å². The molecule has 1 atom stereocenters. The Hall–Kier alpha value is -1.93. The molecule has 1 saturated heterocycles. The number of carbonyl (C=O) groups is 2. The molecule has 1 N–H and O–H groups in total. The van der Waals surface area contributed by atoms with Crippen molar-refractivity contribution in [3.8, 4) is 0 Å². The highest BCUT2D eigenvalue weighted by molar-refractivity contribution is 6.00. The number of morpholine rings is 1. The fourth-order valence-electron chi connectivity index (χ4n) is 3.62. The summed E-state index contributed by atoms with van der Waals surface area (Å²) in [7, 11) is 0. The normalized spacial score (nSPS) is 19.3. The van der Waals surface area contributed by atoms with Gasteiger partial charge in [0.15, 0.2) is 0 Å². The Balaban J connectivity index is 1.55. The molecule has 1 fully saturated rings.